The van der Waals surface area contributed by atoms with Crippen LogP contribution in [0.5, 0.6) is 0 Å². The number of carbonyl (C=O) groups excluding carboxylic acids is 1. The van der Waals surface area contributed by atoms with E-state index in [-0.39, 0.29) is 18.4 Å². The van der Waals surface area contributed by atoms with Crippen LogP contribution in [-0.4, -0.2) is 50.3 Å². The molecule has 2 rings (SSSR count). The van der Waals surface area contributed by atoms with Gasteiger partial charge in [-0.05, 0) is 13.1 Å². The van der Waals surface area contributed by atoms with E-state index in [1.54, 1.807) is 0 Å². The molecule has 1 fully saturated rings. The van der Waals surface area contributed by atoms with Crippen LogP contribution in [0.4, 0.5) is 14.5 Å². The van der Waals surface area contributed by atoms with Gasteiger partial charge in [-0.1, -0.05) is 0 Å². The summed E-state index contributed by atoms with van der Waals surface area (Å²) in [7, 11) is 1.92. The number of carbonyl (C=O) groups is 1. The molecular formula is C13H16F2N2O3. The molecule has 7 heteroatoms. The molecule has 110 valence electrons. The monoisotopic (exact) mass is 286 g/mol. The summed E-state index contributed by atoms with van der Waals surface area (Å²) in [4.78, 5) is 13.7. The molecule has 0 saturated carbocycles. The molecule has 20 heavy (non-hydrogen) atoms. The third kappa shape index (κ3) is 3.43. The number of benzene rings is 1. The van der Waals surface area contributed by atoms with Crippen molar-refractivity contribution in [3.8, 4) is 0 Å². The summed E-state index contributed by atoms with van der Waals surface area (Å²) in [5, 5.41) is 0. The molecule has 0 radical (unpaired) electrons. The van der Waals surface area contributed by atoms with E-state index < -0.39 is 23.2 Å². The van der Waals surface area contributed by atoms with Gasteiger partial charge in [-0.15, -0.1) is 0 Å². The molecule has 1 saturated heterocycles. The normalized spacial score (nSPS) is 19.9. The van der Waals surface area contributed by atoms with Crippen molar-refractivity contribution < 1.29 is 23.0 Å². The number of morpholine rings is 1. The third-order valence-electron chi connectivity index (χ3n) is 3.05. The van der Waals surface area contributed by atoms with Crippen molar-refractivity contribution in [2.45, 2.75) is 6.10 Å². The van der Waals surface area contributed by atoms with Crippen LogP contribution in [0.15, 0.2) is 12.1 Å². The first-order valence-corrected chi connectivity index (χ1v) is 6.19. The molecule has 1 aliphatic rings. The molecule has 2 N–H and O–H groups in total. The van der Waals surface area contributed by atoms with Crippen molar-refractivity contribution in [1.82, 2.24) is 4.90 Å². The Labute approximate surface area is 115 Å². The van der Waals surface area contributed by atoms with Crippen LogP contribution >= 0.6 is 0 Å². The van der Waals surface area contributed by atoms with E-state index in [2.05, 4.69) is 0 Å². The Bertz CT molecular complexity index is 511. The highest BCUT2D eigenvalue weighted by Gasteiger charge is 2.21. The lowest BCUT2D eigenvalue weighted by molar-refractivity contribution is -0.0529. The second-order valence-corrected chi connectivity index (χ2v) is 4.71. The first kappa shape index (κ1) is 14.7. The second-order valence-electron chi connectivity index (χ2n) is 4.71. The van der Waals surface area contributed by atoms with Gasteiger partial charge in [0.1, 0.15) is 24.3 Å². The lowest BCUT2D eigenvalue weighted by atomic mass is 10.2. The van der Waals surface area contributed by atoms with Gasteiger partial charge >= 0.3 is 5.97 Å². The number of nitrogens with two attached hydrogens (primary N) is 1. The van der Waals surface area contributed by atoms with E-state index in [0.29, 0.717) is 13.2 Å². The van der Waals surface area contributed by atoms with Crippen LogP contribution in [0.1, 0.15) is 10.4 Å². The Morgan fingerprint density at radius 1 is 1.50 bits per heavy atom. The lowest BCUT2D eigenvalue weighted by Crippen LogP contribution is -2.42. The maximum atomic E-state index is 13.5. The number of esters is 1. The van der Waals surface area contributed by atoms with Gasteiger partial charge in [-0.25, -0.2) is 13.6 Å². The van der Waals surface area contributed by atoms with Gasteiger partial charge in [0.25, 0.3) is 0 Å². The van der Waals surface area contributed by atoms with Crippen LogP contribution in [0, 0.1) is 11.6 Å². The average molecular weight is 286 g/mol. The minimum Gasteiger partial charge on any atom is -0.459 e. The van der Waals surface area contributed by atoms with Crippen LogP contribution in [0.25, 0.3) is 0 Å². The van der Waals surface area contributed by atoms with Crippen LogP contribution < -0.4 is 5.73 Å². The lowest BCUT2D eigenvalue weighted by Gasteiger charge is -2.29. The second kappa shape index (κ2) is 6.15. The minimum atomic E-state index is -0.932. The van der Waals surface area contributed by atoms with Crippen molar-refractivity contribution in [2.24, 2.45) is 0 Å². The van der Waals surface area contributed by atoms with Gasteiger partial charge in [-0.2, -0.15) is 0 Å². The van der Waals surface area contributed by atoms with Gasteiger partial charge < -0.3 is 20.1 Å². The topological polar surface area (TPSA) is 64.8 Å². The van der Waals surface area contributed by atoms with Crippen molar-refractivity contribution >= 4 is 11.7 Å². The number of hydrogen-bond acceptors (Lipinski definition) is 5. The fourth-order valence-electron chi connectivity index (χ4n) is 1.93. The summed E-state index contributed by atoms with van der Waals surface area (Å²) in [6.07, 6.45) is -0.264. The average Bonchev–Trinajstić information content (AvgIpc) is 2.40. The van der Waals surface area contributed by atoms with Crippen LogP contribution in [-0.2, 0) is 9.47 Å². The number of halogens is 2. The van der Waals surface area contributed by atoms with Gasteiger partial charge in [0.05, 0.1) is 17.9 Å². The number of nitrogen functional groups attached to an aromatic ring is 1. The number of likely N-dealkylation sites (N-methyl/N-ethyl adjacent to an activating group) is 1. The molecule has 0 amide bonds. The predicted octanol–water partition coefficient (Wildman–Crippen LogP) is 1.03. The highest BCUT2D eigenvalue weighted by atomic mass is 19.1. The van der Waals surface area contributed by atoms with E-state index in [1.165, 1.54) is 0 Å². The number of hydrogen-bond donors (Lipinski definition) is 1. The maximum Gasteiger partial charge on any atom is 0.341 e. The van der Waals surface area contributed by atoms with E-state index in [0.717, 1.165) is 18.7 Å². The molecule has 0 aromatic heterocycles. The molecule has 1 aliphatic heterocycles. The summed E-state index contributed by atoms with van der Waals surface area (Å²) in [5.74, 6) is -2.69. The van der Waals surface area contributed by atoms with Gasteiger partial charge in [0.15, 0.2) is 0 Å². The molecular weight excluding hydrogens is 270 g/mol. The molecule has 0 spiro atoms. The zero-order valence-electron chi connectivity index (χ0n) is 11.1. The molecule has 1 heterocycles. The van der Waals surface area contributed by atoms with Gasteiger partial charge in [0.2, 0.25) is 0 Å². The Balaban J connectivity index is 1.96. The number of anilines is 1. The first-order chi connectivity index (χ1) is 9.47. The number of rotatable bonds is 3. The minimum absolute atomic E-state index is 0.00535. The maximum absolute atomic E-state index is 13.5. The molecule has 5 nitrogen and oxygen atoms in total. The van der Waals surface area contributed by atoms with Crippen molar-refractivity contribution in [3.63, 3.8) is 0 Å². The van der Waals surface area contributed by atoms with E-state index in [9.17, 15) is 13.6 Å². The Hall–Kier alpha value is -1.73. The quantitative estimate of drug-likeness (QED) is 0.664. The zero-order valence-corrected chi connectivity index (χ0v) is 11.1. The van der Waals surface area contributed by atoms with E-state index in [1.807, 2.05) is 11.9 Å². The standard InChI is InChI=1S/C13H16F2N2O3/c1-17-2-3-19-8(6-17)7-20-13(18)9-4-11(15)12(16)5-10(9)14/h4-5,8H,2-3,6-7,16H2,1H3. The van der Waals surface area contributed by atoms with Crippen molar-refractivity contribution in [1.29, 1.82) is 0 Å². The molecule has 1 atom stereocenters. The molecule has 1 unspecified atom stereocenters. The Morgan fingerprint density at radius 3 is 2.95 bits per heavy atom. The van der Waals surface area contributed by atoms with E-state index >= 15 is 0 Å². The highest BCUT2D eigenvalue weighted by molar-refractivity contribution is 5.90. The number of ether oxygens (including phenoxy) is 2. The van der Waals surface area contributed by atoms with Crippen molar-refractivity contribution in [3.05, 3.63) is 29.3 Å². The highest BCUT2D eigenvalue weighted by Crippen LogP contribution is 2.17. The smallest absolute Gasteiger partial charge is 0.341 e. The SMILES string of the molecule is CN1CCOC(COC(=O)c2cc(F)c(N)cc2F)C1. The largest absolute Gasteiger partial charge is 0.459 e. The zero-order chi connectivity index (χ0) is 14.7. The summed E-state index contributed by atoms with van der Waals surface area (Å²) >= 11 is 0. The molecule has 1 aromatic rings. The fourth-order valence-corrected chi connectivity index (χ4v) is 1.93. The summed E-state index contributed by atoms with van der Waals surface area (Å²) < 4.78 is 37.1. The third-order valence-corrected chi connectivity index (χ3v) is 3.05. The van der Waals surface area contributed by atoms with Crippen molar-refractivity contribution in [2.75, 3.05) is 39.1 Å². The first-order valence-electron chi connectivity index (χ1n) is 6.19. The summed E-state index contributed by atoms with van der Waals surface area (Å²) in [5.41, 5.74) is 4.38. The van der Waals surface area contributed by atoms with Crippen LogP contribution in [0.3, 0.4) is 0 Å². The molecule has 0 bridgehead atoms. The Kier molecular flexibility index (Phi) is 4.51. The predicted molar refractivity (Wildman–Crippen MR) is 68.3 cm³/mol. The molecule has 0 aliphatic carbocycles. The van der Waals surface area contributed by atoms with E-state index in [4.69, 9.17) is 15.2 Å². The van der Waals surface area contributed by atoms with Gasteiger partial charge in [0, 0.05) is 19.2 Å². The molecule has 1 aromatic carbocycles. The number of nitrogens with zero attached hydrogens (tertiary/aromatic N) is 1. The summed E-state index contributed by atoms with van der Waals surface area (Å²) in [6, 6.07) is 1.50. The summed E-state index contributed by atoms with van der Waals surface area (Å²) in [6.45, 7) is 1.96. The van der Waals surface area contributed by atoms with Gasteiger partial charge in [-0.3, -0.25) is 0 Å². The van der Waals surface area contributed by atoms with Crippen LogP contribution in [0.2, 0.25) is 0 Å². The fraction of sp³-hybridized carbons (Fsp3) is 0.462. The Morgan fingerprint density at radius 2 is 2.25 bits per heavy atom.